The molecule has 0 aliphatic heterocycles. The molecule has 3 heterocycles. The summed E-state index contributed by atoms with van der Waals surface area (Å²) in [5.41, 5.74) is 1.95. The molecule has 7 nitrogen and oxygen atoms in total. The van der Waals surface area contributed by atoms with Gasteiger partial charge in [-0.15, -0.1) is 11.3 Å². The number of halogens is 2. The average Bonchev–Trinajstić information content (AvgIpc) is 3.62. The monoisotopic (exact) mass is 501 g/mol. The van der Waals surface area contributed by atoms with Crippen molar-refractivity contribution in [3.8, 4) is 5.88 Å². The molecule has 35 heavy (non-hydrogen) atoms. The highest BCUT2D eigenvalue weighted by Gasteiger charge is 2.36. The SMILES string of the molecule is COc1cc(CN(C)C(=O)c2sc3ncnc(NCC4CCC(F)(F)CC4)c3c2C2CC2)ccn1. The molecule has 10 heteroatoms. The van der Waals surface area contributed by atoms with Gasteiger partial charge in [-0.25, -0.2) is 23.7 Å². The summed E-state index contributed by atoms with van der Waals surface area (Å²) in [6, 6.07) is 3.69. The van der Waals surface area contributed by atoms with Crippen molar-refractivity contribution in [1.82, 2.24) is 19.9 Å². The third-order valence-corrected chi connectivity index (χ3v) is 7.98. The Balaban J connectivity index is 1.38. The van der Waals surface area contributed by atoms with E-state index in [1.165, 1.54) is 17.7 Å². The Morgan fingerprint density at radius 3 is 2.71 bits per heavy atom. The molecule has 2 aliphatic rings. The Morgan fingerprint density at radius 2 is 2.00 bits per heavy atom. The summed E-state index contributed by atoms with van der Waals surface area (Å²) in [4.78, 5) is 29.8. The van der Waals surface area contributed by atoms with Gasteiger partial charge < -0.3 is 15.0 Å². The molecule has 2 fully saturated rings. The molecule has 3 aromatic heterocycles. The summed E-state index contributed by atoms with van der Waals surface area (Å²) in [6.45, 7) is 1.02. The normalized spacial score (nSPS) is 17.9. The Kier molecular flexibility index (Phi) is 6.57. The molecule has 1 N–H and O–H groups in total. The van der Waals surface area contributed by atoms with Gasteiger partial charge in [0, 0.05) is 45.2 Å². The van der Waals surface area contributed by atoms with Gasteiger partial charge in [-0.2, -0.15) is 0 Å². The van der Waals surface area contributed by atoms with Crippen LogP contribution in [0.5, 0.6) is 5.88 Å². The van der Waals surface area contributed by atoms with Crippen LogP contribution in [0.4, 0.5) is 14.6 Å². The number of anilines is 1. The van der Waals surface area contributed by atoms with E-state index >= 15 is 0 Å². The van der Waals surface area contributed by atoms with Crippen molar-refractivity contribution in [3.05, 3.63) is 40.7 Å². The largest absolute Gasteiger partial charge is 0.481 e. The third-order valence-electron chi connectivity index (χ3n) is 6.87. The Hall–Kier alpha value is -2.88. The van der Waals surface area contributed by atoms with E-state index in [2.05, 4.69) is 20.3 Å². The molecule has 3 aromatic rings. The maximum Gasteiger partial charge on any atom is 0.264 e. The standard InChI is InChI=1S/C25H29F2N5O2S/c1-32(13-16-7-10-28-18(11-16)34-2)24(33)21-19(17-3-4-17)20-22(30-14-31-23(20)35-21)29-12-15-5-8-25(26,27)9-6-15/h7,10-11,14-15,17H,3-6,8-9,12-13H2,1-2H3,(H,29,30,31). The minimum Gasteiger partial charge on any atom is -0.481 e. The number of rotatable bonds is 8. The van der Waals surface area contributed by atoms with Crippen molar-refractivity contribution in [3.63, 3.8) is 0 Å². The quantitative estimate of drug-likeness (QED) is 0.440. The predicted octanol–water partition coefficient (Wildman–Crippen LogP) is 5.48. The molecule has 186 valence electrons. The van der Waals surface area contributed by atoms with E-state index in [0.717, 1.165) is 34.2 Å². The summed E-state index contributed by atoms with van der Waals surface area (Å²) >= 11 is 1.40. The van der Waals surface area contributed by atoms with Crippen molar-refractivity contribution in [2.24, 2.45) is 5.92 Å². The van der Waals surface area contributed by atoms with Crippen molar-refractivity contribution >= 4 is 33.3 Å². The number of pyridine rings is 1. The second-order valence-electron chi connectivity index (χ2n) is 9.57. The number of amides is 1. The van der Waals surface area contributed by atoms with Gasteiger partial charge in [-0.3, -0.25) is 4.79 Å². The van der Waals surface area contributed by atoms with Gasteiger partial charge in [-0.05, 0) is 54.7 Å². The minimum atomic E-state index is -2.53. The van der Waals surface area contributed by atoms with Crippen molar-refractivity contribution in [2.45, 2.75) is 56.9 Å². The molecular weight excluding hydrogens is 472 g/mol. The van der Waals surface area contributed by atoms with E-state index in [1.807, 2.05) is 12.1 Å². The van der Waals surface area contributed by atoms with Crippen molar-refractivity contribution in [1.29, 1.82) is 0 Å². The molecule has 0 saturated heterocycles. The average molecular weight is 502 g/mol. The van der Waals surface area contributed by atoms with Crippen LogP contribution in [0.2, 0.25) is 0 Å². The number of ether oxygens (including phenoxy) is 1. The number of carbonyl (C=O) groups excluding carboxylic acids is 1. The zero-order valence-electron chi connectivity index (χ0n) is 19.9. The highest BCUT2D eigenvalue weighted by Crippen LogP contribution is 2.49. The lowest BCUT2D eigenvalue weighted by Gasteiger charge is -2.28. The number of nitrogens with zero attached hydrogens (tertiary/aromatic N) is 4. The molecule has 0 radical (unpaired) electrons. The van der Waals surface area contributed by atoms with E-state index in [1.54, 1.807) is 25.3 Å². The summed E-state index contributed by atoms with van der Waals surface area (Å²) in [7, 11) is 3.36. The van der Waals surface area contributed by atoms with E-state index in [9.17, 15) is 13.6 Å². The molecule has 1 amide bonds. The van der Waals surface area contributed by atoms with Crippen molar-refractivity contribution in [2.75, 3.05) is 26.0 Å². The van der Waals surface area contributed by atoms with E-state index < -0.39 is 5.92 Å². The number of methoxy groups -OCH3 is 1. The first-order valence-corrected chi connectivity index (χ1v) is 12.8. The smallest absolute Gasteiger partial charge is 0.264 e. The maximum atomic E-state index is 13.6. The molecule has 0 bridgehead atoms. The molecule has 5 rings (SSSR count). The Labute approximate surface area is 206 Å². The Morgan fingerprint density at radius 1 is 1.23 bits per heavy atom. The predicted molar refractivity (Wildman–Crippen MR) is 131 cm³/mol. The van der Waals surface area contributed by atoms with Crippen molar-refractivity contribution < 1.29 is 18.3 Å². The topological polar surface area (TPSA) is 80.2 Å². The number of carbonyl (C=O) groups is 1. The second-order valence-corrected chi connectivity index (χ2v) is 10.6. The molecule has 2 saturated carbocycles. The molecule has 0 spiro atoms. The van der Waals surface area contributed by atoms with E-state index in [4.69, 9.17) is 4.74 Å². The molecular formula is C25H29F2N5O2S. The lowest BCUT2D eigenvalue weighted by Crippen LogP contribution is -2.28. The fraction of sp³-hybridized carbons (Fsp3) is 0.520. The number of thiophene rings is 1. The molecule has 2 aliphatic carbocycles. The van der Waals surface area contributed by atoms with E-state index in [-0.39, 0.29) is 24.7 Å². The second kappa shape index (κ2) is 9.64. The van der Waals surface area contributed by atoms with Gasteiger partial charge in [-0.1, -0.05) is 0 Å². The van der Waals surface area contributed by atoms with Crippen LogP contribution in [-0.4, -0.2) is 52.4 Å². The number of alkyl halides is 2. The van der Waals surface area contributed by atoms with Gasteiger partial charge in [0.1, 0.15) is 17.0 Å². The van der Waals surface area contributed by atoms with Gasteiger partial charge in [0.05, 0.1) is 17.4 Å². The van der Waals surface area contributed by atoms with Gasteiger partial charge in [0.15, 0.2) is 0 Å². The first-order chi connectivity index (χ1) is 16.8. The fourth-order valence-corrected chi connectivity index (χ4v) is 5.96. The summed E-state index contributed by atoms with van der Waals surface area (Å²) < 4.78 is 32.3. The van der Waals surface area contributed by atoms with Crippen LogP contribution in [0.15, 0.2) is 24.7 Å². The zero-order valence-corrected chi connectivity index (χ0v) is 20.7. The first kappa shape index (κ1) is 23.8. The number of nitrogens with one attached hydrogen (secondary N) is 1. The van der Waals surface area contributed by atoms with Crippen LogP contribution in [0, 0.1) is 5.92 Å². The summed E-state index contributed by atoms with van der Waals surface area (Å²) in [6.07, 6.45) is 6.13. The molecule has 0 atom stereocenters. The van der Waals surface area contributed by atoms with E-state index in [0.29, 0.717) is 48.4 Å². The summed E-state index contributed by atoms with van der Waals surface area (Å²) in [5.74, 6) is -0.869. The zero-order chi connectivity index (χ0) is 24.6. The van der Waals surface area contributed by atoms with Gasteiger partial charge in [0.25, 0.3) is 5.91 Å². The minimum absolute atomic E-state index is 0.0499. The first-order valence-electron chi connectivity index (χ1n) is 12.0. The van der Waals surface area contributed by atoms with Crippen LogP contribution in [-0.2, 0) is 6.54 Å². The van der Waals surface area contributed by atoms with Crippen LogP contribution in [0.25, 0.3) is 10.2 Å². The molecule has 0 unspecified atom stereocenters. The number of hydrogen-bond donors (Lipinski definition) is 1. The fourth-order valence-electron chi connectivity index (χ4n) is 4.73. The third kappa shape index (κ3) is 5.22. The lowest BCUT2D eigenvalue weighted by molar-refractivity contribution is -0.0443. The number of hydrogen-bond acceptors (Lipinski definition) is 7. The Bertz CT molecular complexity index is 1220. The van der Waals surface area contributed by atoms with Crippen LogP contribution in [0.3, 0.4) is 0 Å². The number of aromatic nitrogens is 3. The highest BCUT2D eigenvalue weighted by atomic mass is 32.1. The van der Waals surface area contributed by atoms with Gasteiger partial charge in [0.2, 0.25) is 11.8 Å². The maximum absolute atomic E-state index is 13.6. The number of fused-ring (bicyclic) bond motifs is 1. The highest BCUT2D eigenvalue weighted by molar-refractivity contribution is 7.20. The van der Waals surface area contributed by atoms with Crippen LogP contribution >= 0.6 is 11.3 Å². The van der Waals surface area contributed by atoms with Gasteiger partial charge >= 0.3 is 0 Å². The summed E-state index contributed by atoms with van der Waals surface area (Å²) in [5, 5.41) is 4.31. The van der Waals surface area contributed by atoms with Crippen LogP contribution < -0.4 is 10.1 Å². The molecule has 0 aromatic carbocycles. The van der Waals surface area contributed by atoms with Crippen LogP contribution in [0.1, 0.15) is 65.2 Å². The lowest BCUT2D eigenvalue weighted by atomic mass is 9.87.